The first kappa shape index (κ1) is 14.6. The molecule has 0 aliphatic heterocycles. The van der Waals surface area contributed by atoms with Gasteiger partial charge in [-0.25, -0.2) is 0 Å². The van der Waals surface area contributed by atoms with Crippen molar-refractivity contribution >= 4 is 0 Å². The minimum atomic E-state index is -0.297. The van der Waals surface area contributed by atoms with E-state index in [4.69, 9.17) is 13.7 Å². The Labute approximate surface area is 118 Å². The van der Waals surface area contributed by atoms with Crippen LogP contribution < -0.4 is 4.74 Å². The molecule has 0 fully saturated rings. The quantitative estimate of drug-likeness (QED) is 0.856. The molecule has 0 radical (unpaired) electrons. The molecule has 2 heterocycles. The maximum Gasteiger partial charge on any atom is 0.414 e. The van der Waals surface area contributed by atoms with Crippen molar-refractivity contribution in [2.45, 2.75) is 52.4 Å². The van der Waals surface area contributed by atoms with Crippen molar-refractivity contribution in [1.82, 2.24) is 15.4 Å². The Morgan fingerprint density at radius 3 is 2.35 bits per heavy atom. The predicted molar refractivity (Wildman–Crippen MR) is 72.8 cm³/mol. The van der Waals surface area contributed by atoms with Crippen LogP contribution in [0, 0.1) is 6.92 Å². The average Bonchev–Trinajstić information content (AvgIpc) is 2.94. The molecule has 0 unspecified atom stereocenters. The molecule has 6 nitrogen and oxygen atoms in total. The summed E-state index contributed by atoms with van der Waals surface area (Å²) in [5.74, 6) is 1.34. The highest BCUT2D eigenvalue weighted by Gasteiger charge is 2.27. The normalized spacial score (nSPS) is 12.7. The third kappa shape index (κ3) is 3.18. The third-order valence-corrected chi connectivity index (χ3v) is 2.93. The number of nitrogens with zero attached hydrogens (tertiary/aromatic N) is 3. The molecule has 0 aliphatic rings. The van der Waals surface area contributed by atoms with Gasteiger partial charge in [0.1, 0.15) is 12.4 Å². The maximum absolute atomic E-state index is 5.59. The summed E-state index contributed by atoms with van der Waals surface area (Å²) in [6.45, 7) is 12.3. The van der Waals surface area contributed by atoms with E-state index >= 15 is 0 Å². The molecule has 0 aliphatic carbocycles. The lowest BCUT2D eigenvalue weighted by atomic mass is 9.90. The van der Waals surface area contributed by atoms with Gasteiger partial charge >= 0.3 is 6.08 Å². The largest absolute Gasteiger partial charge is 0.448 e. The van der Waals surface area contributed by atoms with Crippen LogP contribution in [-0.2, 0) is 10.8 Å². The van der Waals surface area contributed by atoms with E-state index in [2.05, 4.69) is 15.4 Å². The van der Waals surface area contributed by atoms with Crippen LogP contribution in [-0.4, -0.2) is 22.0 Å². The highest BCUT2D eigenvalue weighted by molar-refractivity contribution is 5.15. The lowest BCUT2D eigenvalue weighted by Gasteiger charge is -2.20. The Bertz CT molecular complexity index is 578. The van der Waals surface area contributed by atoms with Crippen LogP contribution in [0.25, 0.3) is 0 Å². The zero-order valence-corrected chi connectivity index (χ0v) is 12.9. The Kier molecular flexibility index (Phi) is 3.58. The zero-order chi connectivity index (χ0) is 15.0. The van der Waals surface area contributed by atoms with E-state index in [0.29, 0.717) is 12.5 Å². The molecule has 0 amide bonds. The Hall–Kier alpha value is -1.85. The Morgan fingerprint density at radius 1 is 1.15 bits per heavy atom. The second-order valence-electron chi connectivity index (χ2n) is 6.62. The molecule has 2 aromatic rings. The predicted octanol–water partition coefficient (Wildman–Crippen LogP) is 3.02. The van der Waals surface area contributed by atoms with Crippen LogP contribution in [0.4, 0.5) is 0 Å². The molecule has 0 saturated carbocycles. The fourth-order valence-corrected chi connectivity index (χ4v) is 1.57. The zero-order valence-electron chi connectivity index (χ0n) is 12.9. The van der Waals surface area contributed by atoms with E-state index in [1.807, 2.05) is 47.6 Å². The standard InChI is InChI=1S/C14H21N3O3/c1-9-7-10(17-20-9)14(5,6)8-18-12-16-15-11(19-12)13(2,3)4/h7H,8H2,1-6H3. The Balaban J connectivity index is 2.03. The first-order chi connectivity index (χ1) is 9.18. The summed E-state index contributed by atoms with van der Waals surface area (Å²) in [7, 11) is 0. The van der Waals surface area contributed by atoms with Crippen LogP contribution in [0.1, 0.15) is 52.0 Å². The van der Waals surface area contributed by atoms with Crippen molar-refractivity contribution in [3.63, 3.8) is 0 Å². The summed E-state index contributed by atoms with van der Waals surface area (Å²) in [6.07, 6.45) is 0.184. The highest BCUT2D eigenvalue weighted by atomic mass is 16.6. The smallest absolute Gasteiger partial charge is 0.414 e. The minimum absolute atomic E-state index is 0.184. The molecule has 6 heteroatoms. The number of rotatable bonds is 4. The summed E-state index contributed by atoms with van der Waals surface area (Å²) in [6, 6.07) is 1.90. The monoisotopic (exact) mass is 279 g/mol. The van der Waals surface area contributed by atoms with Gasteiger partial charge in [0.2, 0.25) is 5.89 Å². The van der Waals surface area contributed by atoms with Gasteiger partial charge in [0.15, 0.2) is 0 Å². The maximum atomic E-state index is 5.59. The summed E-state index contributed by atoms with van der Waals surface area (Å²) in [5, 5.41) is 11.9. The second kappa shape index (κ2) is 4.92. The molecule has 0 aromatic carbocycles. The number of ether oxygens (including phenoxy) is 1. The van der Waals surface area contributed by atoms with Crippen LogP contribution in [0.15, 0.2) is 15.0 Å². The number of aromatic nitrogens is 3. The van der Waals surface area contributed by atoms with Crippen molar-refractivity contribution in [2.75, 3.05) is 6.61 Å². The van der Waals surface area contributed by atoms with E-state index in [1.54, 1.807) is 0 Å². The summed E-state index contributed by atoms with van der Waals surface area (Å²) in [5.41, 5.74) is 0.354. The number of hydrogen-bond acceptors (Lipinski definition) is 6. The van der Waals surface area contributed by atoms with Crippen molar-refractivity contribution in [1.29, 1.82) is 0 Å². The van der Waals surface area contributed by atoms with Gasteiger partial charge < -0.3 is 13.7 Å². The van der Waals surface area contributed by atoms with E-state index in [-0.39, 0.29) is 16.9 Å². The topological polar surface area (TPSA) is 74.2 Å². The van der Waals surface area contributed by atoms with Gasteiger partial charge in [0.05, 0.1) is 5.69 Å². The lowest BCUT2D eigenvalue weighted by molar-refractivity contribution is 0.170. The van der Waals surface area contributed by atoms with Crippen molar-refractivity contribution in [3.05, 3.63) is 23.4 Å². The van der Waals surface area contributed by atoms with Gasteiger partial charge in [-0.3, -0.25) is 0 Å². The number of hydrogen-bond donors (Lipinski definition) is 0. The first-order valence-electron chi connectivity index (χ1n) is 6.59. The molecule has 0 atom stereocenters. The molecule has 2 rings (SSSR count). The third-order valence-electron chi connectivity index (χ3n) is 2.93. The summed E-state index contributed by atoms with van der Waals surface area (Å²) >= 11 is 0. The second-order valence-corrected chi connectivity index (χ2v) is 6.62. The van der Waals surface area contributed by atoms with Gasteiger partial charge in [0, 0.05) is 16.9 Å². The minimum Gasteiger partial charge on any atom is -0.448 e. The van der Waals surface area contributed by atoms with Crippen LogP contribution in [0.2, 0.25) is 0 Å². The van der Waals surface area contributed by atoms with Crippen LogP contribution in [0.3, 0.4) is 0 Å². The molecule has 2 aromatic heterocycles. The van der Waals surface area contributed by atoms with E-state index < -0.39 is 0 Å². The van der Waals surface area contributed by atoms with Gasteiger partial charge in [-0.2, -0.15) is 0 Å². The summed E-state index contributed by atoms with van der Waals surface area (Å²) in [4.78, 5) is 0. The first-order valence-corrected chi connectivity index (χ1v) is 6.59. The SMILES string of the molecule is Cc1cc(C(C)(C)COc2nnc(C(C)(C)C)o2)no1. The van der Waals surface area contributed by atoms with E-state index in [9.17, 15) is 0 Å². The average molecular weight is 279 g/mol. The molecule has 0 bridgehead atoms. The van der Waals surface area contributed by atoms with E-state index in [1.165, 1.54) is 0 Å². The van der Waals surface area contributed by atoms with Gasteiger partial charge in [-0.1, -0.05) is 44.9 Å². The van der Waals surface area contributed by atoms with Gasteiger partial charge in [-0.15, -0.1) is 5.10 Å². The molecule has 20 heavy (non-hydrogen) atoms. The van der Waals surface area contributed by atoms with Crippen LogP contribution in [0.5, 0.6) is 6.08 Å². The molecule has 0 spiro atoms. The summed E-state index contributed by atoms with van der Waals surface area (Å²) < 4.78 is 16.2. The molecule has 0 saturated heterocycles. The molecular weight excluding hydrogens is 258 g/mol. The fraction of sp³-hybridized carbons (Fsp3) is 0.643. The molecule has 0 N–H and O–H groups in total. The van der Waals surface area contributed by atoms with Gasteiger partial charge in [0.25, 0.3) is 0 Å². The van der Waals surface area contributed by atoms with Crippen molar-refractivity contribution in [3.8, 4) is 6.08 Å². The highest BCUT2D eigenvalue weighted by Crippen LogP contribution is 2.26. The Morgan fingerprint density at radius 2 is 1.85 bits per heavy atom. The van der Waals surface area contributed by atoms with E-state index in [0.717, 1.165) is 11.5 Å². The molecular formula is C14H21N3O3. The van der Waals surface area contributed by atoms with Crippen molar-refractivity contribution in [2.24, 2.45) is 0 Å². The lowest BCUT2D eigenvalue weighted by Crippen LogP contribution is -2.26. The van der Waals surface area contributed by atoms with Crippen LogP contribution >= 0.6 is 0 Å². The van der Waals surface area contributed by atoms with Gasteiger partial charge in [-0.05, 0) is 6.92 Å². The fourth-order valence-electron chi connectivity index (χ4n) is 1.57. The number of aryl methyl sites for hydroxylation is 1. The van der Waals surface area contributed by atoms with Crippen molar-refractivity contribution < 1.29 is 13.7 Å². The molecule has 110 valence electrons.